The molecule has 2 aromatic carbocycles. The summed E-state index contributed by atoms with van der Waals surface area (Å²) in [7, 11) is 1.51. The average Bonchev–Trinajstić information content (AvgIpc) is 2.54. The molecular formula is C20H21FO. The van der Waals surface area contributed by atoms with Crippen molar-refractivity contribution in [3.8, 4) is 5.75 Å². The third-order valence-corrected chi connectivity index (χ3v) is 4.29. The maximum Gasteiger partial charge on any atom is 0.165 e. The molecule has 0 spiro atoms. The van der Waals surface area contributed by atoms with Crippen molar-refractivity contribution < 1.29 is 9.13 Å². The molecule has 0 aliphatic heterocycles. The minimum Gasteiger partial charge on any atom is -0.494 e. The minimum atomic E-state index is -0.277. The van der Waals surface area contributed by atoms with Crippen molar-refractivity contribution in [1.82, 2.24) is 0 Å². The van der Waals surface area contributed by atoms with Gasteiger partial charge in [0.2, 0.25) is 0 Å². The summed E-state index contributed by atoms with van der Waals surface area (Å²) in [6, 6.07) is 12.2. The van der Waals surface area contributed by atoms with E-state index in [2.05, 4.69) is 37.3 Å². The van der Waals surface area contributed by atoms with Crippen LogP contribution < -0.4 is 4.74 Å². The van der Waals surface area contributed by atoms with Crippen LogP contribution in [-0.4, -0.2) is 7.11 Å². The highest BCUT2D eigenvalue weighted by atomic mass is 19.1. The van der Waals surface area contributed by atoms with Gasteiger partial charge in [-0.1, -0.05) is 43.7 Å². The molecule has 0 heterocycles. The fourth-order valence-electron chi connectivity index (χ4n) is 3.05. The van der Waals surface area contributed by atoms with Crippen LogP contribution in [0.3, 0.4) is 0 Å². The van der Waals surface area contributed by atoms with E-state index < -0.39 is 0 Å². The van der Waals surface area contributed by atoms with Crippen LogP contribution in [0.5, 0.6) is 5.75 Å². The van der Waals surface area contributed by atoms with Crippen LogP contribution in [0.25, 0.3) is 5.57 Å². The molecule has 1 aliphatic carbocycles. The Bertz CT molecular complexity index is 698. The molecule has 0 fully saturated rings. The smallest absolute Gasteiger partial charge is 0.165 e. The molecule has 0 atom stereocenters. The van der Waals surface area contributed by atoms with Gasteiger partial charge < -0.3 is 4.74 Å². The number of halogens is 1. The van der Waals surface area contributed by atoms with Gasteiger partial charge in [0.25, 0.3) is 0 Å². The molecule has 0 unspecified atom stereocenters. The van der Waals surface area contributed by atoms with Gasteiger partial charge >= 0.3 is 0 Å². The van der Waals surface area contributed by atoms with E-state index in [1.165, 1.54) is 23.8 Å². The lowest BCUT2D eigenvalue weighted by molar-refractivity contribution is 0.385. The van der Waals surface area contributed by atoms with Crippen molar-refractivity contribution in [3.63, 3.8) is 0 Å². The second-order valence-corrected chi connectivity index (χ2v) is 5.81. The number of methoxy groups -OCH3 is 1. The highest BCUT2D eigenvalue weighted by Gasteiger charge is 2.16. The second kappa shape index (κ2) is 6.35. The fourth-order valence-corrected chi connectivity index (χ4v) is 3.05. The first-order valence-corrected chi connectivity index (χ1v) is 7.85. The molecule has 114 valence electrons. The first-order valence-electron chi connectivity index (χ1n) is 7.85. The van der Waals surface area contributed by atoms with E-state index in [4.69, 9.17) is 4.74 Å². The van der Waals surface area contributed by atoms with Crippen LogP contribution in [0.2, 0.25) is 0 Å². The molecule has 0 saturated carbocycles. The maximum atomic E-state index is 13.9. The van der Waals surface area contributed by atoms with Crippen molar-refractivity contribution in [1.29, 1.82) is 0 Å². The van der Waals surface area contributed by atoms with Gasteiger partial charge in [0.15, 0.2) is 11.6 Å². The monoisotopic (exact) mass is 296 g/mol. The summed E-state index contributed by atoms with van der Waals surface area (Å²) in [6.07, 6.45) is 6.14. The summed E-state index contributed by atoms with van der Waals surface area (Å²) in [5.74, 6) is 0.0558. The standard InChI is InChI=1S/C20H21FO/c1-3-4-14-5-7-15(8-6-14)16-9-10-17-13-20(22-2)19(21)12-18(17)11-16/h5-9,12-13H,3-4,10-11H2,1-2H3. The highest BCUT2D eigenvalue weighted by Crippen LogP contribution is 2.31. The average molecular weight is 296 g/mol. The largest absolute Gasteiger partial charge is 0.494 e. The highest BCUT2D eigenvalue weighted by molar-refractivity contribution is 5.71. The number of hydrogen-bond acceptors (Lipinski definition) is 1. The van der Waals surface area contributed by atoms with Crippen molar-refractivity contribution in [2.24, 2.45) is 0 Å². The molecule has 22 heavy (non-hydrogen) atoms. The van der Waals surface area contributed by atoms with Gasteiger partial charge in [-0.3, -0.25) is 0 Å². The number of aryl methyl sites for hydroxylation is 1. The van der Waals surface area contributed by atoms with E-state index in [0.717, 1.165) is 36.8 Å². The summed E-state index contributed by atoms with van der Waals surface area (Å²) >= 11 is 0. The van der Waals surface area contributed by atoms with Gasteiger partial charge in [0.1, 0.15) is 0 Å². The van der Waals surface area contributed by atoms with E-state index >= 15 is 0 Å². The predicted molar refractivity (Wildman–Crippen MR) is 88.8 cm³/mol. The van der Waals surface area contributed by atoms with E-state index in [9.17, 15) is 4.39 Å². The summed E-state index contributed by atoms with van der Waals surface area (Å²) in [6.45, 7) is 2.19. The SMILES string of the molecule is CCCc1ccc(C2=CCc3cc(OC)c(F)cc3C2)cc1. The number of hydrogen-bond donors (Lipinski definition) is 0. The number of fused-ring (bicyclic) bond motifs is 1. The quantitative estimate of drug-likeness (QED) is 0.774. The Morgan fingerprint density at radius 2 is 1.86 bits per heavy atom. The molecule has 0 radical (unpaired) electrons. The molecule has 3 rings (SSSR count). The maximum absolute atomic E-state index is 13.9. The fraction of sp³-hybridized carbons (Fsp3) is 0.300. The Kier molecular flexibility index (Phi) is 4.28. The Morgan fingerprint density at radius 1 is 1.09 bits per heavy atom. The number of allylic oxidation sites excluding steroid dienone is 2. The van der Waals surface area contributed by atoms with Crippen LogP contribution in [-0.2, 0) is 19.3 Å². The third kappa shape index (κ3) is 2.92. The van der Waals surface area contributed by atoms with Gasteiger partial charge in [-0.15, -0.1) is 0 Å². The van der Waals surface area contributed by atoms with Crippen LogP contribution >= 0.6 is 0 Å². The van der Waals surface area contributed by atoms with Gasteiger partial charge in [-0.2, -0.15) is 0 Å². The molecule has 2 aromatic rings. The number of ether oxygens (including phenoxy) is 1. The summed E-state index contributed by atoms with van der Waals surface area (Å²) < 4.78 is 19.0. The first kappa shape index (κ1) is 14.8. The zero-order chi connectivity index (χ0) is 15.5. The summed E-state index contributed by atoms with van der Waals surface area (Å²) in [5, 5.41) is 0. The van der Waals surface area contributed by atoms with E-state index in [-0.39, 0.29) is 5.82 Å². The van der Waals surface area contributed by atoms with Crippen LogP contribution in [0.15, 0.2) is 42.5 Å². The molecule has 2 heteroatoms. The van der Waals surface area contributed by atoms with Gasteiger partial charge in [0, 0.05) is 0 Å². The molecular weight excluding hydrogens is 275 g/mol. The normalized spacial score (nSPS) is 13.5. The molecule has 0 saturated heterocycles. The molecule has 0 bridgehead atoms. The van der Waals surface area contributed by atoms with Crippen LogP contribution in [0.4, 0.5) is 4.39 Å². The zero-order valence-corrected chi connectivity index (χ0v) is 13.2. The topological polar surface area (TPSA) is 9.23 Å². The van der Waals surface area contributed by atoms with E-state index in [1.807, 2.05) is 6.07 Å². The van der Waals surface area contributed by atoms with E-state index in [1.54, 1.807) is 6.07 Å². The van der Waals surface area contributed by atoms with Crippen LogP contribution in [0.1, 0.15) is 35.6 Å². The van der Waals surface area contributed by atoms with Gasteiger partial charge in [0.05, 0.1) is 7.11 Å². The second-order valence-electron chi connectivity index (χ2n) is 5.81. The summed E-state index contributed by atoms with van der Waals surface area (Å²) in [5.41, 5.74) is 6.11. The van der Waals surface area contributed by atoms with Crippen molar-refractivity contribution in [3.05, 3.63) is 70.5 Å². The Balaban J connectivity index is 1.84. The minimum absolute atomic E-state index is 0.277. The summed E-state index contributed by atoms with van der Waals surface area (Å²) in [4.78, 5) is 0. The lowest BCUT2D eigenvalue weighted by Gasteiger charge is -2.19. The Morgan fingerprint density at radius 3 is 2.55 bits per heavy atom. The zero-order valence-electron chi connectivity index (χ0n) is 13.2. The molecule has 0 aromatic heterocycles. The predicted octanol–water partition coefficient (Wildman–Crippen LogP) is 4.97. The first-order chi connectivity index (χ1) is 10.7. The van der Waals surface area contributed by atoms with E-state index in [0.29, 0.717) is 5.75 Å². The van der Waals surface area contributed by atoms with Crippen molar-refractivity contribution in [2.75, 3.05) is 7.11 Å². The Labute approximate surface area is 131 Å². The lowest BCUT2D eigenvalue weighted by Crippen LogP contribution is -2.04. The molecule has 0 N–H and O–H groups in total. The molecule has 1 nitrogen and oxygen atoms in total. The molecule has 0 amide bonds. The van der Waals surface area contributed by atoms with Crippen LogP contribution in [0, 0.1) is 5.82 Å². The Hall–Kier alpha value is -2.09. The van der Waals surface area contributed by atoms with Gasteiger partial charge in [-0.25, -0.2) is 4.39 Å². The molecule has 1 aliphatic rings. The van der Waals surface area contributed by atoms with Crippen molar-refractivity contribution >= 4 is 5.57 Å². The van der Waals surface area contributed by atoms with Crippen molar-refractivity contribution in [2.45, 2.75) is 32.6 Å². The van der Waals surface area contributed by atoms with Gasteiger partial charge in [-0.05, 0) is 59.2 Å². The number of benzene rings is 2. The number of rotatable bonds is 4. The third-order valence-electron chi connectivity index (χ3n) is 4.29. The lowest BCUT2D eigenvalue weighted by atomic mass is 9.87.